The zero-order valence-electron chi connectivity index (χ0n) is 9.72. The number of hydrogen-bond acceptors (Lipinski definition) is 2. The first-order valence-electron chi connectivity index (χ1n) is 5.02. The fourth-order valence-corrected chi connectivity index (χ4v) is 1.33. The molecule has 0 saturated heterocycles. The predicted molar refractivity (Wildman–Crippen MR) is 58.9 cm³/mol. The molecule has 78 valence electrons. The monoisotopic (exact) mass is 193 g/mol. The number of aryl methyl sites for hydroxylation is 1. The Morgan fingerprint density at radius 3 is 2.43 bits per heavy atom. The lowest BCUT2D eigenvalue weighted by molar-refractivity contribution is 0.405. The van der Waals surface area contributed by atoms with E-state index in [1.807, 2.05) is 6.20 Å². The van der Waals surface area contributed by atoms with Crippen molar-refractivity contribution in [3.63, 3.8) is 0 Å². The number of rotatable bonds is 2. The molecule has 0 saturated carbocycles. The van der Waals surface area contributed by atoms with Gasteiger partial charge in [-0.05, 0) is 23.5 Å². The maximum absolute atomic E-state index is 5.31. The summed E-state index contributed by atoms with van der Waals surface area (Å²) in [5, 5.41) is 0. The third kappa shape index (κ3) is 2.25. The van der Waals surface area contributed by atoms with Gasteiger partial charge in [-0.15, -0.1) is 0 Å². The normalized spacial score (nSPS) is 11.5. The van der Waals surface area contributed by atoms with Gasteiger partial charge in [0.2, 0.25) is 0 Å². The summed E-state index contributed by atoms with van der Waals surface area (Å²) in [6, 6.07) is 2.09. The second-order valence-electron chi connectivity index (χ2n) is 4.48. The average molecular weight is 193 g/mol. The lowest BCUT2D eigenvalue weighted by Crippen LogP contribution is -2.12. The summed E-state index contributed by atoms with van der Waals surface area (Å²) in [5.41, 5.74) is 2.37. The average Bonchev–Trinajstić information content (AvgIpc) is 2.15. The number of nitrogens with zero attached hydrogens (tertiary/aromatic N) is 1. The minimum atomic E-state index is 0.131. The fourth-order valence-electron chi connectivity index (χ4n) is 1.33. The van der Waals surface area contributed by atoms with E-state index in [0.717, 1.165) is 17.9 Å². The van der Waals surface area contributed by atoms with Crippen molar-refractivity contribution >= 4 is 0 Å². The van der Waals surface area contributed by atoms with Gasteiger partial charge in [0.05, 0.1) is 12.8 Å². The van der Waals surface area contributed by atoms with Crippen LogP contribution in [0.3, 0.4) is 0 Å². The number of hydrogen-bond donors (Lipinski definition) is 0. The molecule has 1 aromatic rings. The van der Waals surface area contributed by atoms with Crippen LogP contribution < -0.4 is 4.74 Å². The van der Waals surface area contributed by atoms with Gasteiger partial charge in [0.1, 0.15) is 5.75 Å². The molecule has 0 bridgehead atoms. The molecule has 14 heavy (non-hydrogen) atoms. The topological polar surface area (TPSA) is 22.1 Å². The SMILES string of the molecule is CCc1ncc(C(C)(C)C)cc1OC. The molecule has 0 radical (unpaired) electrons. The zero-order valence-corrected chi connectivity index (χ0v) is 9.72. The lowest BCUT2D eigenvalue weighted by atomic mass is 9.88. The van der Waals surface area contributed by atoms with Crippen LogP contribution >= 0.6 is 0 Å². The molecule has 2 heteroatoms. The molecular weight excluding hydrogens is 174 g/mol. The Labute approximate surface area is 86.3 Å². The Kier molecular flexibility index (Phi) is 3.14. The van der Waals surface area contributed by atoms with Crippen LogP contribution in [0.4, 0.5) is 0 Å². The number of ether oxygens (including phenoxy) is 1. The summed E-state index contributed by atoms with van der Waals surface area (Å²) < 4.78 is 5.31. The molecule has 1 heterocycles. The van der Waals surface area contributed by atoms with E-state index in [1.54, 1.807) is 7.11 Å². The van der Waals surface area contributed by atoms with E-state index >= 15 is 0 Å². The summed E-state index contributed by atoms with van der Waals surface area (Å²) in [6.45, 7) is 8.61. The van der Waals surface area contributed by atoms with Gasteiger partial charge in [-0.25, -0.2) is 0 Å². The lowest BCUT2D eigenvalue weighted by Gasteiger charge is -2.19. The van der Waals surface area contributed by atoms with Crippen LogP contribution in [0.2, 0.25) is 0 Å². The molecule has 0 atom stereocenters. The third-order valence-electron chi connectivity index (χ3n) is 2.35. The van der Waals surface area contributed by atoms with Gasteiger partial charge in [0.25, 0.3) is 0 Å². The molecule has 1 aromatic heterocycles. The third-order valence-corrected chi connectivity index (χ3v) is 2.35. The molecule has 0 spiro atoms. The molecular formula is C12H19NO. The molecule has 1 rings (SSSR count). The molecule has 2 nitrogen and oxygen atoms in total. The molecule has 0 aliphatic heterocycles. The van der Waals surface area contributed by atoms with Crippen LogP contribution in [-0.2, 0) is 11.8 Å². The Morgan fingerprint density at radius 2 is 2.00 bits per heavy atom. The Balaban J connectivity index is 3.14. The minimum Gasteiger partial charge on any atom is -0.495 e. The first-order valence-corrected chi connectivity index (χ1v) is 5.02. The Morgan fingerprint density at radius 1 is 1.36 bits per heavy atom. The van der Waals surface area contributed by atoms with Crippen molar-refractivity contribution in [1.82, 2.24) is 4.98 Å². The smallest absolute Gasteiger partial charge is 0.140 e. The van der Waals surface area contributed by atoms with Gasteiger partial charge in [0.15, 0.2) is 0 Å². The van der Waals surface area contributed by atoms with Crippen molar-refractivity contribution < 1.29 is 4.74 Å². The van der Waals surface area contributed by atoms with E-state index in [2.05, 4.69) is 38.7 Å². The number of methoxy groups -OCH3 is 1. The van der Waals surface area contributed by atoms with Crippen molar-refractivity contribution in [3.05, 3.63) is 23.5 Å². The second kappa shape index (κ2) is 3.99. The fraction of sp³-hybridized carbons (Fsp3) is 0.583. The van der Waals surface area contributed by atoms with Crippen LogP contribution in [0.1, 0.15) is 39.0 Å². The van der Waals surface area contributed by atoms with E-state index in [1.165, 1.54) is 5.56 Å². The maximum atomic E-state index is 5.31. The van der Waals surface area contributed by atoms with Gasteiger partial charge >= 0.3 is 0 Å². The molecule has 0 fully saturated rings. The van der Waals surface area contributed by atoms with Crippen molar-refractivity contribution in [2.24, 2.45) is 0 Å². The van der Waals surface area contributed by atoms with Gasteiger partial charge in [-0.3, -0.25) is 4.98 Å². The highest BCUT2D eigenvalue weighted by molar-refractivity contribution is 5.34. The standard InChI is InChI=1S/C12H19NO/c1-6-10-11(14-5)7-9(8-13-10)12(2,3)4/h7-8H,6H2,1-5H3. The van der Waals surface area contributed by atoms with E-state index in [-0.39, 0.29) is 5.41 Å². The number of pyridine rings is 1. The quantitative estimate of drug-likeness (QED) is 0.720. The summed E-state index contributed by atoms with van der Waals surface area (Å²) in [7, 11) is 1.70. The Bertz CT molecular complexity index is 313. The van der Waals surface area contributed by atoms with Crippen molar-refractivity contribution in [2.75, 3.05) is 7.11 Å². The van der Waals surface area contributed by atoms with E-state index < -0.39 is 0 Å². The molecule has 0 aromatic carbocycles. The first-order chi connectivity index (χ1) is 6.49. The van der Waals surface area contributed by atoms with Gasteiger partial charge in [-0.2, -0.15) is 0 Å². The van der Waals surface area contributed by atoms with E-state index in [9.17, 15) is 0 Å². The highest BCUT2D eigenvalue weighted by atomic mass is 16.5. The molecule has 0 aliphatic carbocycles. The predicted octanol–water partition coefficient (Wildman–Crippen LogP) is 2.95. The summed E-state index contributed by atoms with van der Waals surface area (Å²) in [5.74, 6) is 0.903. The number of aromatic nitrogens is 1. The maximum Gasteiger partial charge on any atom is 0.140 e. The van der Waals surface area contributed by atoms with Crippen molar-refractivity contribution in [2.45, 2.75) is 39.5 Å². The van der Waals surface area contributed by atoms with E-state index in [0.29, 0.717) is 0 Å². The second-order valence-corrected chi connectivity index (χ2v) is 4.48. The highest BCUT2D eigenvalue weighted by Gasteiger charge is 2.16. The van der Waals surface area contributed by atoms with Gasteiger partial charge in [0, 0.05) is 6.20 Å². The molecule has 0 N–H and O–H groups in total. The molecule has 0 amide bonds. The largest absolute Gasteiger partial charge is 0.495 e. The van der Waals surface area contributed by atoms with Gasteiger partial charge in [-0.1, -0.05) is 27.7 Å². The molecule has 0 unspecified atom stereocenters. The first kappa shape index (κ1) is 11.0. The van der Waals surface area contributed by atoms with Crippen LogP contribution in [0.15, 0.2) is 12.3 Å². The Hall–Kier alpha value is -1.05. The van der Waals surface area contributed by atoms with Crippen LogP contribution in [0.25, 0.3) is 0 Å². The minimum absolute atomic E-state index is 0.131. The molecule has 0 aliphatic rings. The summed E-state index contributed by atoms with van der Waals surface area (Å²) >= 11 is 0. The summed E-state index contributed by atoms with van der Waals surface area (Å²) in [4.78, 5) is 4.41. The summed E-state index contributed by atoms with van der Waals surface area (Å²) in [6.07, 6.45) is 2.86. The highest BCUT2D eigenvalue weighted by Crippen LogP contribution is 2.26. The van der Waals surface area contributed by atoms with Crippen molar-refractivity contribution in [3.8, 4) is 5.75 Å². The van der Waals surface area contributed by atoms with Crippen LogP contribution in [0.5, 0.6) is 5.75 Å². The van der Waals surface area contributed by atoms with Crippen LogP contribution in [0, 0.1) is 0 Å². The van der Waals surface area contributed by atoms with Crippen LogP contribution in [-0.4, -0.2) is 12.1 Å². The zero-order chi connectivity index (χ0) is 10.8. The van der Waals surface area contributed by atoms with Crippen molar-refractivity contribution in [1.29, 1.82) is 0 Å². The van der Waals surface area contributed by atoms with Gasteiger partial charge < -0.3 is 4.74 Å². The van der Waals surface area contributed by atoms with E-state index in [4.69, 9.17) is 4.74 Å².